The molecule has 0 N–H and O–H groups in total. The number of esters is 3. The third-order valence-corrected chi connectivity index (χ3v) is 11.0. The van der Waals surface area contributed by atoms with E-state index in [1.807, 2.05) is 0 Å². The van der Waals surface area contributed by atoms with E-state index in [0.717, 1.165) is 109 Å². The van der Waals surface area contributed by atoms with E-state index in [1.165, 1.54) is 103 Å². The van der Waals surface area contributed by atoms with Crippen LogP contribution in [0.4, 0.5) is 0 Å². The second-order valence-corrected chi connectivity index (χ2v) is 17.0. The molecule has 0 spiro atoms. The van der Waals surface area contributed by atoms with Crippen molar-refractivity contribution in [2.45, 2.75) is 258 Å². The predicted molar refractivity (Wildman–Crippen MR) is 261 cm³/mol. The molecule has 0 aliphatic heterocycles. The van der Waals surface area contributed by atoms with Crippen molar-refractivity contribution >= 4 is 17.9 Å². The lowest BCUT2D eigenvalue weighted by molar-refractivity contribution is -0.167. The van der Waals surface area contributed by atoms with Gasteiger partial charge in [-0.1, -0.05) is 191 Å². The lowest BCUT2D eigenvalue weighted by Crippen LogP contribution is -2.30. The molecule has 0 aliphatic rings. The summed E-state index contributed by atoms with van der Waals surface area (Å²) < 4.78 is 16.8. The second kappa shape index (κ2) is 49.8. The summed E-state index contributed by atoms with van der Waals surface area (Å²) in [6, 6.07) is 0. The molecule has 6 heteroatoms. The number of ether oxygens (including phenoxy) is 3. The van der Waals surface area contributed by atoms with Crippen molar-refractivity contribution in [1.82, 2.24) is 0 Å². The van der Waals surface area contributed by atoms with E-state index in [0.29, 0.717) is 19.3 Å². The largest absolute Gasteiger partial charge is 0.462 e. The molecule has 0 amide bonds. The molecule has 0 heterocycles. The smallest absolute Gasteiger partial charge is 0.306 e. The van der Waals surface area contributed by atoms with Gasteiger partial charge in [0.25, 0.3) is 0 Å². The van der Waals surface area contributed by atoms with E-state index in [-0.39, 0.29) is 31.1 Å². The average Bonchev–Trinajstić information content (AvgIpc) is 3.26. The standard InChI is InChI=1S/C55H96O6/c1-4-7-10-13-16-19-22-25-27-29-30-33-36-39-42-45-48-54(57)60-51-52(50-59-53(56)47-44-41-38-35-32-24-21-18-15-12-9-6-3)61-55(58)49-46-43-40-37-34-31-28-26-23-20-17-14-11-8-5-2/h8,11,17-18,20-21,26-29,52H,4-7,9-10,12-16,19,22-25,30-51H2,1-3H3/b11-8-,20-17-,21-18-,28-26-,29-27-. The first-order valence-corrected chi connectivity index (χ1v) is 25.8. The molecular weight excluding hydrogens is 757 g/mol. The van der Waals surface area contributed by atoms with Gasteiger partial charge in [0.1, 0.15) is 13.2 Å². The molecule has 61 heavy (non-hydrogen) atoms. The summed E-state index contributed by atoms with van der Waals surface area (Å²) in [5, 5.41) is 0. The summed E-state index contributed by atoms with van der Waals surface area (Å²) >= 11 is 0. The van der Waals surface area contributed by atoms with Crippen LogP contribution in [0.5, 0.6) is 0 Å². The maximum atomic E-state index is 12.8. The minimum atomic E-state index is -0.788. The Morgan fingerprint density at radius 3 is 1.05 bits per heavy atom. The molecule has 0 aromatic carbocycles. The van der Waals surface area contributed by atoms with Crippen molar-refractivity contribution in [3.63, 3.8) is 0 Å². The molecule has 0 aliphatic carbocycles. The van der Waals surface area contributed by atoms with Gasteiger partial charge in [0.15, 0.2) is 6.10 Å². The Kier molecular flexibility index (Phi) is 47.4. The quantitative estimate of drug-likeness (QED) is 0.0263. The van der Waals surface area contributed by atoms with Crippen molar-refractivity contribution in [1.29, 1.82) is 0 Å². The molecule has 0 radical (unpaired) electrons. The molecule has 0 aromatic rings. The zero-order valence-corrected chi connectivity index (χ0v) is 40.2. The SMILES string of the molecule is CC/C=C\C/C=C\C/C=C\CCCCCCCC(=O)OC(COC(=O)CCCCCCC/C=C\CCCCC)COC(=O)CCCCCCC/C=C\CCCCCCCCC. The number of unbranched alkanes of at least 4 members (excludes halogenated alkanes) is 25. The third kappa shape index (κ3) is 48.0. The Morgan fingerprint density at radius 1 is 0.344 bits per heavy atom. The Hall–Kier alpha value is -2.89. The van der Waals surface area contributed by atoms with Crippen molar-refractivity contribution in [2.75, 3.05) is 13.2 Å². The molecule has 0 aromatic heterocycles. The van der Waals surface area contributed by atoms with Crippen LogP contribution < -0.4 is 0 Å². The molecule has 0 saturated carbocycles. The minimum absolute atomic E-state index is 0.0880. The van der Waals surface area contributed by atoms with E-state index >= 15 is 0 Å². The van der Waals surface area contributed by atoms with Crippen LogP contribution in [0, 0.1) is 0 Å². The molecule has 6 nitrogen and oxygen atoms in total. The van der Waals surface area contributed by atoms with Gasteiger partial charge >= 0.3 is 17.9 Å². The van der Waals surface area contributed by atoms with E-state index in [1.54, 1.807) is 0 Å². The van der Waals surface area contributed by atoms with Gasteiger partial charge in [-0.3, -0.25) is 14.4 Å². The Balaban J connectivity index is 4.42. The topological polar surface area (TPSA) is 78.9 Å². The van der Waals surface area contributed by atoms with Gasteiger partial charge in [0.2, 0.25) is 0 Å². The van der Waals surface area contributed by atoms with Crippen LogP contribution in [0.1, 0.15) is 252 Å². The first-order valence-electron chi connectivity index (χ1n) is 25.8. The summed E-state index contributed by atoms with van der Waals surface area (Å²) in [6.07, 6.45) is 60.6. The first kappa shape index (κ1) is 58.1. The Bertz CT molecular complexity index is 1120. The summed E-state index contributed by atoms with van der Waals surface area (Å²) in [5.74, 6) is -0.919. The van der Waals surface area contributed by atoms with Crippen LogP contribution in [-0.2, 0) is 28.6 Å². The molecule has 0 bridgehead atoms. The van der Waals surface area contributed by atoms with Gasteiger partial charge < -0.3 is 14.2 Å². The van der Waals surface area contributed by atoms with Gasteiger partial charge in [0.05, 0.1) is 0 Å². The average molecular weight is 853 g/mol. The van der Waals surface area contributed by atoms with Gasteiger partial charge in [-0.25, -0.2) is 0 Å². The number of allylic oxidation sites excluding steroid dienone is 10. The number of carbonyl (C=O) groups is 3. The van der Waals surface area contributed by atoms with Gasteiger partial charge in [-0.05, 0) is 103 Å². The fourth-order valence-electron chi connectivity index (χ4n) is 7.09. The zero-order valence-electron chi connectivity index (χ0n) is 40.2. The Morgan fingerprint density at radius 2 is 0.639 bits per heavy atom. The predicted octanol–water partition coefficient (Wildman–Crippen LogP) is 16.9. The normalized spacial score (nSPS) is 12.5. The molecule has 0 saturated heterocycles. The number of hydrogen-bond acceptors (Lipinski definition) is 6. The Labute approximate surface area is 377 Å². The van der Waals surface area contributed by atoms with Crippen LogP contribution >= 0.6 is 0 Å². The van der Waals surface area contributed by atoms with E-state index in [4.69, 9.17) is 14.2 Å². The van der Waals surface area contributed by atoms with Crippen LogP contribution in [0.2, 0.25) is 0 Å². The number of hydrogen-bond donors (Lipinski definition) is 0. The molecule has 0 rings (SSSR count). The highest BCUT2D eigenvalue weighted by Crippen LogP contribution is 2.14. The molecule has 1 atom stereocenters. The van der Waals surface area contributed by atoms with Gasteiger partial charge in [0, 0.05) is 19.3 Å². The summed E-state index contributed by atoms with van der Waals surface area (Å²) in [7, 11) is 0. The van der Waals surface area contributed by atoms with E-state index < -0.39 is 6.10 Å². The highest BCUT2D eigenvalue weighted by molar-refractivity contribution is 5.71. The van der Waals surface area contributed by atoms with Gasteiger partial charge in [-0.15, -0.1) is 0 Å². The third-order valence-electron chi connectivity index (χ3n) is 11.0. The van der Waals surface area contributed by atoms with Crippen molar-refractivity contribution < 1.29 is 28.6 Å². The summed E-state index contributed by atoms with van der Waals surface area (Å²) in [5.41, 5.74) is 0. The monoisotopic (exact) mass is 853 g/mol. The van der Waals surface area contributed by atoms with E-state index in [2.05, 4.69) is 81.5 Å². The lowest BCUT2D eigenvalue weighted by Gasteiger charge is -2.18. The van der Waals surface area contributed by atoms with Crippen molar-refractivity contribution in [2.24, 2.45) is 0 Å². The van der Waals surface area contributed by atoms with Crippen LogP contribution in [-0.4, -0.2) is 37.2 Å². The van der Waals surface area contributed by atoms with E-state index in [9.17, 15) is 14.4 Å². The maximum absolute atomic E-state index is 12.8. The van der Waals surface area contributed by atoms with Crippen LogP contribution in [0.15, 0.2) is 60.8 Å². The lowest BCUT2D eigenvalue weighted by atomic mass is 10.1. The van der Waals surface area contributed by atoms with Crippen molar-refractivity contribution in [3.8, 4) is 0 Å². The summed E-state index contributed by atoms with van der Waals surface area (Å²) in [6.45, 7) is 6.47. The number of carbonyl (C=O) groups excluding carboxylic acids is 3. The fraction of sp³-hybridized carbons (Fsp3) is 0.764. The molecule has 0 fully saturated rings. The fourth-order valence-corrected chi connectivity index (χ4v) is 7.09. The first-order chi connectivity index (χ1) is 30.0. The molecule has 1 unspecified atom stereocenters. The van der Waals surface area contributed by atoms with Gasteiger partial charge in [-0.2, -0.15) is 0 Å². The summed E-state index contributed by atoms with van der Waals surface area (Å²) in [4.78, 5) is 37.9. The molecule has 352 valence electrons. The highest BCUT2D eigenvalue weighted by atomic mass is 16.6. The zero-order chi connectivity index (χ0) is 44.4. The second-order valence-electron chi connectivity index (χ2n) is 17.0. The maximum Gasteiger partial charge on any atom is 0.306 e. The molecular formula is C55H96O6. The van der Waals surface area contributed by atoms with Crippen molar-refractivity contribution in [3.05, 3.63) is 60.8 Å². The number of rotatable bonds is 46. The van der Waals surface area contributed by atoms with Crippen LogP contribution in [0.25, 0.3) is 0 Å². The minimum Gasteiger partial charge on any atom is -0.462 e. The highest BCUT2D eigenvalue weighted by Gasteiger charge is 2.19. The van der Waals surface area contributed by atoms with Crippen LogP contribution in [0.3, 0.4) is 0 Å².